The van der Waals surface area contributed by atoms with Gasteiger partial charge in [-0.3, -0.25) is 4.79 Å². The number of carbonyl (C=O) groups excluding carboxylic acids is 1. The molecule has 0 saturated heterocycles. The first-order valence-corrected chi connectivity index (χ1v) is 14.7. The van der Waals surface area contributed by atoms with Gasteiger partial charge in [-0.1, -0.05) is 71.8 Å². The van der Waals surface area contributed by atoms with Crippen molar-refractivity contribution in [1.82, 2.24) is 5.32 Å². The smallest absolute Gasteiger partial charge is 0.261 e. The van der Waals surface area contributed by atoms with Crippen LogP contribution in [-0.2, 0) is 22.0 Å². The summed E-state index contributed by atoms with van der Waals surface area (Å²) in [6, 6.07) is 24.2. The Morgan fingerprint density at radius 2 is 1.70 bits per heavy atom. The minimum absolute atomic E-state index is 0.135. The Balaban J connectivity index is 1.44. The lowest BCUT2D eigenvalue weighted by Crippen LogP contribution is -2.23. The molecular formula is C29H28ClNO4S2. The number of hydrogen-bond acceptors (Lipinski definition) is 5. The fourth-order valence-corrected chi connectivity index (χ4v) is 6.61. The Bertz CT molecular complexity index is 1510. The van der Waals surface area contributed by atoms with Crippen molar-refractivity contribution in [2.24, 2.45) is 0 Å². The van der Waals surface area contributed by atoms with Crippen LogP contribution in [0.1, 0.15) is 32.8 Å². The molecule has 0 radical (unpaired) electrons. The molecule has 0 fully saturated rings. The molecule has 1 aromatic heterocycles. The summed E-state index contributed by atoms with van der Waals surface area (Å²) in [4.78, 5) is 12.9. The fourth-order valence-electron chi connectivity index (χ4n) is 4.11. The average Bonchev–Trinajstić information content (AvgIpc) is 3.32. The number of ether oxygens (including phenoxy) is 1. The Morgan fingerprint density at radius 3 is 2.43 bits per heavy atom. The summed E-state index contributed by atoms with van der Waals surface area (Å²) in [5.41, 5.74) is 4.60. The molecule has 0 aliphatic heterocycles. The highest BCUT2D eigenvalue weighted by Crippen LogP contribution is 2.32. The van der Waals surface area contributed by atoms with Gasteiger partial charge < -0.3 is 10.1 Å². The molecule has 0 atom stereocenters. The third-order valence-corrected chi connectivity index (χ3v) is 8.86. The maximum absolute atomic E-state index is 13.5. The molecule has 0 aliphatic carbocycles. The summed E-state index contributed by atoms with van der Waals surface area (Å²) in [7, 11) is -2.19. The molecule has 3 aromatic carbocycles. The SMILES string of the molecule is COc1ccc(-c2cccc(C)c2)cc1S(=O)(=O)Cc1cccc(CCCNC(=O)c2ccc(Cl)s2)c1. The molecule has 8 heteroatoms. The maximum Gasteiger partial charge on any atom is 0.261 e. The number of benzene rings is 3. The summed E-state index contributed by atoms with van der Waals surface area (Å²) in [5, 5.41) is 2.89. The van der Waals surface area contributed by atoms with Gasteiger partial charge in [-0.2, -0.15) is 0 Å². The molecule has 0 unspecified atom stereocenters. The lowest BCUT2D eigenvalue weighted by molar-refractivity contribution is 0.0957. The molecule has 0 aliphatic rings. The zero-order valence-electron chi connectivity index (χ0n) is 20.7. The van der Waals surface area contributed by atoms with Crippen LogP contribution in [0.4, 0.5) is 0 Å². The minimum Gasteiger partial charge on any atom is -0.495 e. The van der Waals surface area contributed by atoms with Crippen molar-refractivity contribution in [3.8, 4) is 16.9 Å². The lowest BCUT2D eigenvalue weighted by atomic mass is 10.0. The van der Waals surface area contributed by atoms with Gasteiger partial charge in [0, 0.05) is 6.54 Å². The minimum atomic E-state index is -3.67. The van der Waals surface area contributed by atoms with Gasteiger partial charge in [0.15, 0.2) is 9.84 Å². The van der Waals surface area contributed by atoms with Gasteiger partial charge in [0.25, 0.3) is 5.91 Å². The van der Waals surface area contributed by atoms with Crippen LogP contribution in [-0.4, -0.2) is 28.0 Å². The van der Waals surface area contributed by atoms with E-state index >= 15 is 0 Å². The number of nitrogens with one attached hydrogen (secondary N) is 1. The Morgan fingerprint density at radius 1 is 0.946 bits per heavy atom. The Hall–Kier alpha value is -3.13. The number of aryl methyl sites for hydroxylation is 2. The molecule has 0 saturated carbocycles. The first kappa shape index (κ1) is 26.9. The molecule has 4 rings (SSSR count). The van der Waals surface area contributed by atoms with E-state index in [1.165, 1.54) is 18.4 Å². The lowest BCUT2D eigenvalue weighted by Gasteiger charge is -2.13. The van der Waals surface area contributed by atoms with E-state index in [0.717, 1.165) is 28.7 Å². The summed E-state index contributed by atoms with van der Waals surface area (Å²) in [6.45, 7) is 2.52. The van der Waals surface area contributed by atoms with Crippen molar-refractivity contribution in [2.75, 3.05) is 13.7 Å². The number of thiophene rings is 1. The highest BCUT2D eigenvalue weighted by molar-refractivity contribution is 7.90. The van der Waals surface area contributed by atoms with E-state index in [1.54, 1.807) is 24.3 Å². The normalized spacial score (nSPS) is 11.3. The summed E-state index contributed by atoms with van der Waals surface area (Å²) < 4.78 is 32.9. The molecule has 4 aromatic rings. The zero-order valence-corrected chi connectivity index (χ0v) is 23.1. The summed E-state index contributed by atoms with van der Waals surface area (Å²) in [5.74, 6) is 0.0542. The first-order chi connectivity index (χ1) is 17.7. The van der Waals surface area contributed by atoms with Crippen LogP contribution in [0.3, 0.4) is 0 Å². The van der Waals surface area contributed by atoms with Crippen molar-refractivity contribution in [2.45, 2.75) is 30.4 Å². The highest BCUT2D eigenvalue weighted by Gasteiger charge is 2.21. The van der Waals surface area contributed by atoms with E-state index < -0.39 is 9.84 Å². The quantitative estimate of drug-likeness (QED) is 0.221. The van der Waals surface area contributed by atoms with Crippen molar-refractivity contribution < 1.29 is 17.9 Å². The number of methoxy groups -OCH3 is 1. The zero-order chi connectivity index (χ0) is 26.4. The van der Waals surface area contributed by atoms with Crippen molar-refractivity contribution in [1.29, 1.82) is 0 Å². The van der Waals surface area contributed by atoms with Crippen LogP contribution >= 0.6 is 22.9 Å². The number of rotatable bonds is 10. The van der Waals surface area contributed by atoms with Gasteiger partial charge in [0.2, 0.25) is 0 Å². The molecule has 1 N–H and O–H groups in total. The first-order valence-electron chi connectivity index (χ1n) is 11.8. The third-order valence-electron chi connectivity index (χ3n) is 5.92. The second kappa shape index (κ2) is 11.9. The van der Waals surface area contributed by atoms with Crippen molar-refractivity contribution in [3.63, 3.8) is 0 Å². The van der Waals surface area contributed by atoms with Crippen LogP contribution in [0.25, 0.3) is 11.1 Å². The second-order valence-electron chi connectivity index (χ2n) is 8.78. The molecule has 192 valence electrons. The maximum atomic E-state index is 13.5. The molecule has 0 bridgehead atoms. The Kier molecular flexibility index (Phi) is 8.69. The number of sulfone groups is 1. The van der Waals surface area contributed by atoms with Gasteiger partial charge in [0.05, 0.1) is 22.1 Å². The van der Waals surface area contributed by atoms with E-state index in [4.69, 9.17) is 16.3 Å². The predicted octanol–water partition coefficient (Wildman–Crippen LogP) is 6.72. The van der Waals surface area contributed by atoms with Gasteiger partial charge in [-0.05, 0) is 66.3 Å². The van der Waals surface area contributed by atoms with Crippen molar-refractivity contribution in [3.05, 3.63) is 105 Å². The number of hydrogen-bond donors (Lipinski definition) is 1. The van der Waals surface area contributed by atoms with Crippen LogP contribution in [0.2, 0.25) is 4.34 Å². The van der Waals surface area contributed by atoms with Crippen LogP contribution in [0, 0.1) is 6.92 Å². The van der Waals surface area contributed by atoms with E-state index in [-0.39, 0.29) is 16.6 Å². The number of carbonyl (C=O) groups is 1. The predicted molar refractivity (Wildman–Crippen MR) is 150 cm³/mol. The monoisotopic (exact) mass is 553 g/mol. The molecule has 1 amide bonds. The van der Waals surface area contributed by atoms with Crippen molar-refractivity contribution >= 4 is 38.7 Å². The molecule has 37 heavy (non-hydrogen) atoms. The van der Waals surface area contributed by atoms with E-state index in [2.05, 4.69) is 5.32 Å². The van der Waals surface area contributed by atoms with E-state index in [9.17, 15) is 13.2 Å². The third kappa shape index (κ3) is 7.01. The molecule has 1 heterocycles. The number of amides is 1. The molecular weight excluding hydrogens is 526 g/mol. The second-order valence-corrected chi connectivity index (χ2v) is 12.5. The summed E-state index contributed by atoms with van der Waals surface area (Å²) >= 11 is 7.14. The summed E-state index contributed by atoms with van der Waals surface area (Å²) in [6.07, 6.45) is 1.44. The molecule has 0 spiro atoms. The van der Waals surface area contributed by atoms with Gasteiger partial charge in [-0.25, -0.2) is 8.42 Å². The van der Waals surface area contributed by atoms with E-state index in [1.807, 2.05) is 61.5 Å². The van der Waals surface area contributed by atoms with E-state index in [0.29, 0.717) is 33.5 Å². The van der Waals surface area contributed by atoms with Crippen LogP contribution < -0.4 is 10.1 Å². The average molecular weight is 554 g/mol. The highest BCUT2D eigenvalue weighted by atomic mass is 35.5. The fraction of sp³-hybridized carbons (Fsp3) is 0.207. The van der Waals surface area contributed by atoms with Gasteiger partial charge in [-0.15, -0.1) is 11.3 Å². The largest absolute Gasteiger partial charge is 0.495 e. The van der Waals surface area contributed by atoms with Crippen LogP contribution in [0.5, 0.6) is 5.75 Å². The number of halogens is 1. The van der Waals surface area contributed by atoms with Gasteiger partial charge in [0.1, 0.15) is 10.6 Å². The standard InChI is InChI=1S/C29H28ClNO4S2/c1-20-6-3-10-23(16-20)24-11-12-25(35-2)27(18-24)37(33,34)19-22-8-4-7-21(17-22)9-5-15-31-29(32)26-13-14-28(30)36-26/h3-4,6-8,10-14,16-18H,5,9,15,19H2,1-2H3,(H,31,32). The topological polar surface area (TPSA) is 72.5 Å². The van der Waals surface area contributed by atoms with Gasteiger partial charge >= 0.3 is 0 Å². The molecule has 5 nitrogen and oxygen atoms in total. The van der Waals surface area contributed by atoms with Crippen LogP contribution in [0.15, 0.2) is 83.8 Å². The Labute approximate surface area is 227 Å².